The number of aromatic nitrogens is 1. The molecule has 5 nitrogen and oxygen atoms in total. The van der Waals surface area contributed by atoms with Crippen LogP contribution in [0, 0.1) is 6.92 Å². The van der Waals surface area contributed by atoms with E-state index in [0.29, 0.717) is 24.1 Å². The zero-order valence-corrected chi connectivity index (χ0v) is 16.8. The van der Waals surface area contributed by atoms with Crippen LogP contribution < -0.4 is 17.0 Å². The Hall–Kier alpha value is -2.58. The van der Waals surface area contributed by atoms with E-state index in [1.165, 1.54) is 28.8 Å². The fourth-order valence-corrected chi connectivity index (χ4v) is 2.91. The Morgan fingerprint density at radius 2 is 1.90 bits per heavy atom. The number of halogens is 4. The van der Waals surface area contributed by atoms with Crippen molar-refractivity contribution >= 4 is 23.0 Å². The summed E-state index contributed by atoms with van der Waals surface area (Å²) in [5, 5.41) is 0.0802. The van der Waals surface area contributed by atoms with Gasteiger partial charge in [-0.3, -0.25) is 9.36 Å². The van der Waals surface area contributed by atoms with Crippen LogP contribution in [0.2, 0.25) is 5.02 Å². The van der Waals surface area contributed by atoms with Crippen LogP contribution in [-0.4, -0.2) is 22.5 Å². The van der Waals surface area contributed by atoms with E-state index >= 15 is 0 Å². The molecule has 9 heteroatoms. The van der Waals surface area contributed by atoms with Crippen molar-refractivity contribution in [2.45, 2.75) is 38.9 Å². The van der Waals surface area contributed by atoms with Gasteiger partial charge in [0.05, 0.1) is 5.69 Å². The van der Waals surface area contributed by atoms with E-state index < -0.39 is 23.5 Å². The number of nitrogens with zero attached hydrogens (tertiary/aromatic N) is 2. The first-order valence-corrected chi connectivity index (χ1v) is 9.29. The lowest BCUT2D eigenvalue weighted by Gasteiger charge is -2.19. The predicted octanol–water partition coefficient (Wildman–Crippen LogP) is 4.40. The highest BCUT2D eigenvalue weighted by atomic mass is 35.5. The van der Waals surface area contributed by atoms with Crippen LogP contribution in [-0.2, 0) is 0 Å². The molecule has 0 saturated heterocycles. The molecule has 0 bridgehead atoms. The molecule has 2 aromatic rings. The average Bonchev–Trinajstić information content (AvgIpc) is 2.66. The lowest BCUT2D eigenvalue weighted by atomic mass is 9.99. The van der Waals surface area contributed by atoms with Crippen LogP contribution in [0.4, 0.5) is 18.9 Å². The van der Waals surface area contributed by atoms with E-state index in [2.05, 4.69) is 4.99 Å². The van der Waals surface area contributed by atoms with Gasteiger partial charge in [0.2, 0.25) is 0 Å². The summed E-state index contributed by atoms with van der Waals surface area (Å²) in [6.07, 6.45) is -1.38. The maximum atomic E-state index is 13.6. The molecule has 156 valence electrons. The number of pyridine rings is 1. The smallest absolute Gasteiger partial charge is 0.404 e. The minimum absolute atomic E-state index is 0.0513. The van der Waals surface area contributed by atoms with Crippen molar-refractivity contribution in [3.05, 3.63) is 69.2 Å². The molecule has 1 heterocycles. The van der Waals surface area contributed by atoms with Gasteiger partial charge in [0.15, 0.2) is 5.71 Å². The molecule has 0 aliphatic carbocycles. The molecule has 0 radical (unpaired) electrons. The Labute approximate surface area is 171 Å². The van der Waals surface area contributed by atoms with E-state index in [4.69, 9.17) is 23.1 Å². The molecule has 4 N–H and O–H groups in total. The number of hydrogen-bond donors (Lipinski definition) is 2. The summed E-state index contributed by atoms with van der Waals surface area (Å²) in [6.45, 7) is 3.52. The zero-order valence-electron chi connectivity index (χ0n) is 16.0. The molecular weight excluding hydrogens is 405 g/mol. The lowest BCUT2D eigenvalue weighted by Crippen LogP contribution is -2.35. The summed E-state index contributed by atoms with van der Waals surface area (Å²) in [5.41, 5.74) is 10.6. The van der Waals surface area contributed by atoms with Crippen molar-refractivity contribution in [2.75, 3.05) is 0 Å². The largest absolute Gasteiger partial charge is 0.433 e. The quantitative estimate of drug-likeness (QED) is 0.671. The third-order valence-corrected chi connectivity index (χ3v) is 4.78. The fraction of sp³-hybridized carbons (Fsp3) is 0.300. The molecule has 1 atom stereocenters. The maximum absolute atomic E-state index is 13.6. The number of aryl methyl sites for hydroxylation is 1. The predicted molar refractivity (Wildman–Crippen MR) is 110 cm³/mol. The summed E-state index contributed by atoms with van der Waals surface area (Å²) < 4.78 is 42.0. The number of hydrogen-bond acceptors (Lipinski definition) is 4. The Morgan fingerprint density at radius 3 is 2.41 bits per heavy atom. The minimum Gasteiger partial charge on any atom is -0.404 e. The molecule has 29 heavy (non-hydrogen) atoms. The van der Waals surface area contributed by atoms with Gasteiger partial charge >= 0.3 is 6.18 Å². The molecule has 0 spiro atoms. The molecule has 0 saturated carbocycles. The van der Waals surface area contributed by atoms with Crippen molar-refractivity contribution in [3.63, 3.8) is 0 Å². The van der Waals surface area contributed by atoms with Gasteiger partial charge in [0.1, 0.15) is 5.02 Å². The van der Waals surface area contributed by atoms with E-state index in [1.54, 1.807) is 19.2 Å². The van der Waals surface area contributed by atoms with Gasteiger partial charge in [0.25, 0.3) is 5.56 Å². The first-order chi connectivity index (χ1) is 13.6. The van der Waals surface area contributed by atoms with Gasteiger partial charge in [-0.2, -0.15) is 13.2 Å². The molecule has 2 rings (SSSR count). The van der Waals surface area contributed by atoms with Crippen LogP contribution >= 0.6 is 11.6 Å². The number of alkyl halides is 3. The summed E-state index contributed by atoms with van der Waals surface area (Å²) in [7, 11) is 0. The first-order valence-electron chi connectivity index (χ1n) is 8.92. The highest BCUT2D eigenvalue weighted by Gasteiger charge is 2.39. The topological polar surface area (TPSA) is 86.4 Å². The Kier molecular flexibility index (Phi) is 7.26. The van der Waals surface area contributed by atoms with Gasteiger partial charge in [-0.25, -0.2) is 4.99 Å². The Bertz CT molecular complexity index is 979. The number of nitrogens with two attached hydrogens (primary N) is 2. The Morgan fingerprint density at radius 1 is 1.28 bits per heavy atom. The van der Waals surface area contributed by atoms with Crippen molar-refractivity contribution < 1.29 is 13.2 Å². The molecule has 1 aromatic heterocycles. The number of aliphatic imine (C=N–C) groups is 1. The van der Waals surface area contributed by atoms with Crippen molar-refractivity contribution in [1.29, 1.82) is 0 Å². The molecule has 0 aliphatic heterocycles. The van der Waals surface area contributed by atoms with E-state index in [1.807, 2.05) is 6.92 Å². The average molecular weight is 427 g/mol. The van der Waals surface area contributed by atoms with Gasteiger partial charge < -0.3 is 11.5 Å². The van der Waals surface area contributed by atoms with E-state index in [9.17, 15) is 18.0 Å². The molecule has 0 aliphatic rings. The van der Waals surface area contributed by atoms with Crippen molar-refractivity contribution in [2.24, 2.45) is 16.5 Å². The third-order valence-electron chi connectivity index (χ3n) is 4.32. The molecule has 1 unspecified atom stereocenters. The zero-order chi connectivity index (χ0) is 21.8. The highest BCUT2D eigenvalue weighted by molar-refractivity contribution is 6.31. The normalized spacial score (nSPS) is 14.2. The second-order valence-corrected chi connectivity index (χ2v) is 6.86. The van der Waals surface area contributed by atoms with Crippen molar-refractivity contribution in [3.8, 4) is 5.69 Å². The summed E-state index contributed by atoms with van der Waals surface area (Å²) in [6, 6.07) is 6.51. The monoisotopic (exact) mass is 426 g/mol. The summed E-state index contributed by atoms with van der Waals surface area (Å²) in [5.74, 6) is 0. The number of rotatable bonds is 6. The van der Waals surface area contributed by atoms with Crippen molar-refractivity contribution in [1.82, 2.24) is 4.57 Å². The minimum atomic E-state index is -4.73. The highest BCUT2D eigenvalue weighted by Crippen LogP contribution is 2.28. The molecule has 0 fully saturated rings. The van der Waals surface area contributed by atoms with Gasteiger partial charge in [-0.05, 0) is 49.2 Å². The second kappa shape index (κ2) is 9.28. The number of benzene rings is 1. The maximum Gasteiger partial charge on any atom is 0.433 e. The fourth-order valence-electron chi connectivity index (χ4n) is 2.76. The Balaban J connectivity index is 2.46. The second-order valence-electron chi connectivity index (χ2n) is 6.48. The van der Waals surface area contributed by atoms with Crippen LogP contribution in [0.3, 0.4) is 0 Å². The lowest BCUT2D eigenvalue weighted by molar-refractivity contribution is -0.0584. The first kappa shape index (κ1) is 22.7. The summed E-state index contributed by atoms with van der Waals surface area (Å²) in [4.78, 5) is 16.0. The van der Waals surface area contributed by atoms with Crippen LogP contribution in [0.5, 0.6) is 0 Å². The molecule has 1 aromatic carbocycles. The van der Waals surface area contributed by atoms with E-state index in [-0.39, 0.29) is 16.3 Å². The summed E-state index contributed by atoms with van der Waals surface area (Å²) >= 11 is 5.98. The van der Waals surface area contributed by atoms with Gasteiger partial charge in [-0.1, -0.05) is 24.9 Å². The van der Waals surface area contributed by atoms with Crippen LogP contribution in [0.15, 0.2) is 58.1 Å². The standard InChI is InChI=1S/C20H22ClF3N4O/c1-3-4-16(26)15(11-25)18(20(22,23)24)27-13-5-7-14(8-6-13)28-10-9-12(2)17(21)19(28)29/h5-11,16H,3-4,25-26H2,1-2H3/b15-11-,27-18?. The molecular formula is C20H22ClF3N4O. The van der Waals surface area contributed by atoms with Gasteiger partial charge in [0, 0.05) is 29.7 Å². The SMILES string of the molecule is CCCC(N)/C(=C/N)C(=Nc1ccc(-n2ccc(C)c(Cl)c2=O)cc1)C(F)(F)F. The van der Waals surface area contributed by atoms with E-state index in [0.717, 1.165) is 6.20 Å². The van der Waals surface area contributed by atoms with Crippen LogP contribution in [0.1, 0.15) is 25.3 Å². The molecule has 0 amide bonds. The van der Waals surface area contributed by atoms with Gasteiger partial charge in [-0.15, -0.1) is 0 Å². The van der Waals surface area contributed by atoms with Crippen LogP contribution in [0.25, 0.3) is 5.69 Å². The third kappa shape index (κ3) is 5.27.